The van der Waals surface area contributed by atoms with E-state index >= 15 is 0 Å². The van der Waals surface area contributed by atoms with E-state index in [-0.39, 0.29) is 29.7 Å². The van der Waals surface area contributed by atoms with Gasteiger partial charge in [0.1, 0.15) is 5.82 Å². The van der Waals surface area contributed by atoms with E-state index in [1.165, 1.54) is 12.1 Å². The maximum atomic E-state index is 12.3. The minimum atomic E-state index is -3.83. The Morgan fingerprint density at radius 3 is 2.58 bits per heavy atom. The standard InChI is InChI=1S/C23H29N5O4S/c1-4-12-28-20-9-8-17(33(24,31)32)13-19(20)26-21(28)10-11-22(29)25-14-23(30)27-18-7-5-6-15(2)16(18)3/h5-9,13H,4,10-12,14H2,1-3H3,(H,25,29)(H,27,30)(H2,24,31,32). The lowest BCUT2D eigenvalue weighted by Crippen LogP contribution is -2.33. The summed E-state index contributed by atoms with van der Waals surface area (Å²) in [7, 11) is -3.83. The molecule has 0 aliphatic heterocycles. The Kier molecular flexibility index (Phi) is 7.50. The van der Waals surface area contributed by atoms with Crippen molar-refractivity contribution in [1.82, 2.24) is 14.9 Å². The Bertz CT molecular complexity index is 1300. The summed E-state index contributed by atoms with van der Waals surface area (Å²) >= 11 is 0. The lowest BCUT2D eigenvalue weighted by molar-refractivity contribution is -0.124. The molecule has 2 aromatic carbocycles. The van der Waals surface area contributed by atoms with E-state index in [1.54, 1.807) is 6.07 Å². The molecule has 9 nitrogen and oxygen atoms in total. The Hall–Kier alpha value is -3.24. The highest BCUT2D eigenvalue weighted by Crippen LogP contribution is 2.21. The smallest absolute Gasteiger partial charge is 0.243 e. The van der Waals surface area contributed by atoms with Gasteiger partial charge in [-0.25, -0.2) is 18.5 Å². The largest absolute Gasteiger partial charge is 0.347 e. The first-order valence-corrected chi connectivity index (χ1v) is 12.3. The number of hydrogen-bond acceptors (Lipinski definition) is 5. The molecule has 10 heteroatoms. The average molecular weight is 472 g/mol. The van der Waals surface area contributed by atoms with Crippen LogP contribution >= 0.6 is 0 Å². The summed E-state index contributed by atoms with van der Waals surface area (Å²) in [4.78, 5) is 29.1. The Labute approximate surface area is 193 Å². The van der Waals surface area contributed by atoms with Crippen LogP contribution in [0.3, 0.4) is 0 Å². The molecule has 3 aromatic rings. The third-order valence-electron chi connectivity index (χ3n) is 5.48. The molecule has 33 heavy (non-hydrogen) atoms. The number of aromatic nitrogens is 2. The average Bonchev–Trinajstić information content (AvgIpc) is 3.10. The van der Waals surface area contributed by atoms with E-state index in [2.05, 4.69) is 15.6 Å². The van der Waals surface area contributed by atoms with Gasteiger partial charge in [-0.05, 0) is 55.7 Å². The van der Waals surface area contributed by atoms with Crippen LogP contribution in [-0.2, 0) is 32.6 Å². The molecule has 0 unspecified atom stereocenters. The van der Waals surface area contributed by atoms with Gasteiger partial charge in [-0.1, -0.05) is 19.1 Å². The van der Waals surface area contributed by atoms with Crippen molar-refractivity contribution in [2.24, 2.45) is 5.14 Å². The number of carbonyl (C=O) groups is 2. The number of nitrogens with one attached hydrogen (secondary N) is 2. The van der Waals surface area contributed by atoms with Crippen LogP contribution in [0, 0.1) is 13.8 Å². The predicted octanol–water partition coefficient (Wildman–Crippen LogP) is 2.40. The number of nitrogens with zero attached hydrogens (tertiary/aromatic N) is 2. The number of carbonyl (C=O) groups excluding carboxylic acids is 2. The molecule has 2 amide bonds. The Balaban J connectivity index is 1.63. The van der Waals surface area contributed by atoms with Crippen LogP contribution < -0.4 is 15.8 Å². The van der Waals surface area contributed by atoms with Crippen LogP contribution in [0.2, 0.25) is 0 Å². The Morgan fingerprint density at radius 1 is 1.12 bits per heavy atom. The van der Waals surface area contributed by atoms with E-state index in [0.717, 1.165) is 28.8 Å². The predicted molar refractivity (Wildman–Crippen MR) is 127 cm³/mol. The van der Waals surface area contributed by atoms with E-state index in [9.17, 15) is 18.0 Å². The number of amides is 2. The Morgan fingerprint density at radius 2 is 1.88 bits per heavy atom. The van der Waals surface area contributed by atoms with Crippen LogP contribution in [0.15, 0.2) is 41.3 Å². The van der Waals surface area contributed by atoms with Gasteiger partial charge in [-0.2, -0.15) is 0 Å². The van der Waals surface area contributed by atoms with Gasteiger partial charge in [0.25, 0.3) is 0 Å². The first kappa shape index (κ1) is 24.4. The maximum absolute atomic E-state index is 12.3. The lowest BCUT2D eigenvalue weighted by Gasteiger charge is -2.11. The van der Waals surface area contributed by atoms with Crippen molar-refractivity contribution >= 4 is 38.6 Å². The second-order valence-corrected chi connectivity index (χ2v) is 9.51. The molecule has 3 rings (SSSR count). The molecular formula is C23H29N5O4S. The van der Waals surface area contributed by atoms with Crippen molar-refractivity contribution in [3.05, 3.63) is 53.3 Å². The van der Waals surface area contributed by atoms with E-state index < -0.39 is 10.0 Å². The van der Waals surface area contributed by atoms with Crippen molar-refractivity contribution < 1.29 is 18.0 Å². The fraction of sp³-hybridized carbons (Fsp3) is 0.348. The molecule has 1 heterocycles. The van der Waals surface area contributed by atoms with Gasteiger partial charge in [-0.15, -0.1) is 0 Å². The summed E-state index contributed by atoms with van der Waals surface area (Å²) in [6.45, 7) is 6.47. The number of fused-ring (bicyclic) bond motifs is 1. The van der Waals surface area contributed by atoms with Gasteiger partial charge >= 0.3 is 0 Å². The fourth-order valence-electron chi connectivity index (χ4n) is 3.57. The summed E-state index contributed by atoms with van der Waals surface area (Å²) in [6, 6.07) is 10.2. The molecule has 0 spiro atoms. The van der Waals surface area contributed by atoms with Gasteiger partial charge < -0.3 is 15.2 Å². The zero-order chi connectivity index (χ0) is 24.2. The first-order valence-electron chi connectivity index (χ1n) is 10.7. The van der Waals surface area contributed by atoms with Crippen molar-refractivity contribution in [2.75, 3.05) is 11.9 Å². The number of sulfonamides is 1. The molecule has 0 aliphatic carbocycles. The SMILES string of the molecule is CCCn1c(CCC(=O)NCC(=O)Nc2cccc(C)c2C)nc2cc(S(N)(=O)=O)ccc21. The number of benzene rings is 2. The first-order chi connectivity index (χ1) is 15.6. The van der Waals surface area contributed by atoms with Crippen molar-refractivity contribution in [3.63, 3.8) is 0 Å². The lowest BCUT2D eigenvalue weighted by atomic mass is 10.1. The minimum Gasteiger partial charge on any atom is -0.347 e. The van der Waals surface area contributed by atoms with Gasteiger partial charge in [0.2, 0.25) is 21.8 Å². The maximum Gasteiger partial charge on any atom is 0.243 e. The zero-order valence-corrected chi connectivity index (χ0v) is 19.8. The number of nitrogens with two attached hydrogens (primary N) is 1. The molecule has 0 atom stereocenters. The minimum absolute atomic E-state index is 0.00435. The summed E-state index contributed by atoms with van der Waals surface area (Å²) in [6.07, 6.45) is 1.34. The third-order valence-corrected chi connectivity index (χ3v) is 6.39. The number of imidazole rings is 1. The molecule has 0 radical (unpaired) electrons. The van der Waals surface area contributed by atoms with Crippen LogP contribution in [0.4, 0.5) is 5.69 Å². The number of primary sulfonamides is 1. The quantitative estimate of drug-likeness (QED) is 0.440. The van der Waals surface area contributed by atoms with Gasteiger partial charge in [0.15, 0.2) is 0 Å². The van der Waals surface area contributed by atoms with Crippen molar-refractivity contribution in [1.29, 1.82) is 0 Å². The highest BCUT2D eigenvalue weighted by molar-refractivity contribution is 7.89. The second-order valence-electron chi connectivity index (χ2n) is 7.95. The van der Waals surface area contributed by atoms with E-state index in [4.69, 9.17) is 5.14 Å². The number of anilines is 1. The summed E-state index contributed by atoms with van der Waals surface area (Å²) < 4.78 is 25.3. The monoisotopic (exact) mass is 471 g/mol. The van der Waals surface area contributed by atoms with E-state index in [0.29, 0.717) is 24.3 Å². The van der Waals surface area contributed by atoms with Crippen LogP contribution in [0.5, 0.6) is 0 Å². The van der Waals surface area contributed by atoms with Gasteiger partial charge in [0.05, 0.1) is 22.5 Å². The number of rotatable bonds is 9. The topological polar surface area (TPSA) is 136 Å². The second kappa shape index (κ2) is 10.1. The molecule has 1 aromatic heterocycles. The summed E-state index contributed by atoms with van der Waals surface area (Å²) in [5, 5.41) is 10.7. The number of aryl methyl sites for hydroxylation is 3. The molecule has 176 valence electrons. The molecule has 0 aliphatic rings. The van der Waals surface area contributed by atoms with Crippen molar-refractivity contribution in [2.45, 2.75) is 51.5 Å². The van der Waals surface area contributed by atoms with Crippen LogP contribution in [0.25, 0.3) is 11.0 Å². The van der Waals surface area contributed by atoms with Gasteiger partial charge in [-0.3, -0.25) is 9.59 Å². The zero-order valence-electron chi connectivity index (χ0n) is 19.0. The third kappa shape index (κ3) is 5.96. The molecule has 0 saturated heterocycles. The molecule has 0 bridgehead atoms. The molecule has 0 fully saturated rings. The summed E-state index contributed by atoms with van der Waals surface area (Å²) in [5.74, 6) is 0.102. The summed E-state index contributed by atoms with van der Waals surface area (Å²) in [5.41, 5.74) is 4.08. The van der Waals surface area contributed by atoms with Crippen LogP contribution in [-0.4, -0.2) is 36.3 Å². The molecular weight excluding hydrogens is 442 g/mol. The molecule has 0 saturated carbocycles. The molecule has 4 N–H and O–H groups in total. The fourth-order valence-corrected chi connectivity index (χ4v) is 4.11. The highest BCUT2D eigenvalue weighted by atomic mass is 32.2. The van der Waals surface area contributed by atoms with Gasteiger partial charge in [0, 0.05) is 25.1 Å². The highest BCUT2D eigenvalue weighted by Gasteiger charge is 2.16. The normalized spacial score (nSPS) is 11.5. The number of hydrogen-bond donors (Lipinski definition) is 3. The van der Waals surface area contributed by atoms with E-state index in [1.807, 2.05) is 43.5 Å². The van der Waals surface area contributed by atoms with Crippen molar-refractivity contribution in [3.8, 4) is 0 Å². The van der Waals surface area contributed by atoms with Crippen LogP contribution in [0.1, 0.15) is 36.7 Å².